The Balaban J connectivity index is 1.75. The number of nitrogens with one attached hydrogen (secondary N) is 1. The Hall–Kier alpha value is -0.870. The molecule has 88 valence electrons. The van der Waals surface area contributed by atoms with Gasteiger partial charge < -0.3 is 10.1 Å². The molecule has 1 saturated heterocycles. The number of halogens is 1. The zero-order valence-electron chi connectivity index (χ0n) is 9.34. The van der Waals surface area contributed by atoms with Crippen molar-refractivity contribution in [2.75, 3.05) is 32.8 Å². The van der Waals surface area contributed by atoms with Crippen molar-refractivity contribution in [1.29, 1.82) is 0 Å². The van der Waals surface area contributed by atoms with Crippen molar-refractivity contribution >= 4 is 0 Å². The molecule has 0 aromatic carbocycles. The maximum atomic E-state index is 14.0. The summed E-state index contributed by atoms with van der Waals surface area (Å²) in [5.74, 6) is 1.04. The lowest BCUT2D eigenvalue weighted by Gasteiger charge is -2.35. The third-order valence-electron chi connectivity index (χ3n) is 3.61. The molecule has 0 radical (unpaired) electrons. The van der Waals surface area contributed by atoms with Crippen molar-refractivity contribution in [1.82, 2.24) is 10.2 Å². The molecule has 3 rings (SSSR count). The molecule has 1 atom stereocenters. The van der Waals surface area contributed by atoms with Crippen molar-refractivity contribution in [3.8, 4) is 0 Å². The van der Waals surface area contributed by atoms with Gasteiger partial charge in [-0.05, 0) is 11.6 Å². The van der Waals surface area contributed by atoms with Gasteiger partial charge in [-0.25, -0.2) is 4.39 Å². The maximum absolute atomic E-state index is 14.0. The van der Waals surface area contributed by atoms with Crippen LogP contribution in [-0.2, 0) is 4.74 Å². The van der Waals surface area contributed by atoms with Crippen LogP contribution in [0, 0.1) is 0 Å². The largest absolute Gasteiger partial charge is 0.497 e. The minimum Gasteiger partial charge on any atom is -0.497 e. The van der Waals surface area contributed by atoms with Gasteiger partial charge in [0.05, 0.1) is 12.6 Å². The molecule has 2 aliphatic heterocycles. The van der Waals surface area contributed by atoms with Crippen molar-refractivity contribution in [3.63, 3.8) is 0 Å². The third kappa shape index (κ3) is 1.76. The lowest BCUT2D eigenvalue weighted by molar-refractivity contribution is 0.149. The topological polar surface area (TPSA) is 24.5 Å². The van der Waals surface area contributed by atoms with E-state index in [0.29, 0.717) is 0 Å². The minimum absolute atomic E-state index is 0.0196. The summed E-state index contributed by atoms with van der Waals surface area (Å²) in [6.07, 6.45) is 3.28. The van der Waals surface area contributed by atoms with Gasteiger partial charge in [0.2, 0.25) is 0 Å². The average Bonchev–Trinajstić information content (AvgIpc) is 2.76. The van der Waals surface area contributed by atoms with Crippen LogP contribution in [0.25, 0.3) is 0 Å². The highest BCUT2D eigenvalue weighted by Crippen LogP contribution is 2.34. The predicted octanol–water partition coefficient (Wildman–Crippen LogP) is 1.19. The molecule has 1 fully saturated rings. The molecule has 16 heavy (non-hydrogen) atoms. The van der Waals surface area contributed by atoms with Gasteiger partial charge in [-0.3, -0.25) is 4.90 Å². The highest BCUT2D eigenvalue weighted by molar-refractivity contribution is 5.34. The smallest absolute Gasteiger partial charge is 0.118 e. The van der Waals surface area contributed by atoms with E-state index < -0.39 is 0 Å². The van der Waals surface area contributed by atoms with Crippen molar-refractivity contribution in [2.45, 2.75) is 18.9 Å². The highest BCUT2D eigenvalue weighted by atomic mass is 19.1. The summed E-state index contributed by atoms with van der Waals surface area (Å²) in [4.78, 5) is 2.22. The molecule has 0 aromatic rings. The zero-order chi connectivity index (χ0) is 11.0. The Labute approximate surface area is 94.9 Å². The zero-order valence-corrected chi connectivity index (χ0v) is 9.34. The number of hydrogen-bond acceptors (Lipinski definition) is 3. The molecule has 1 N–H and O–H groups in total. The van der Waals surface area contributed by atoms with Gasteiger partial charge in [0.15, 0.2) is 0 Å². The molecule has 1 unspecified atom stereocenters. The van der Waals surface area contributed by atoms with E-state index in [4.69, 9.17) is 4.74 Å². The van der Waals surface area contributed by atoms with Crippen LogP contribution in [0.2, 0.25) is 0 Å². The quantitative estimate of drug-likeness (QED) is 0.724. The minimum atomic E-state index is -0.0843. The van der Waals surface area contributed by atoms with Gasteiger partial charge in [-0.2, -0.15) is 0 Å². The molecule has 1 aliphatic carbocycles. The van der Waals surface area contributed by atoms with E-state index in [0.717, 1.165) is 57.0 Å². The van der Waals surface area contributed by atoms with Gasteiger partial charge in [0.25, 0.3) is 0 Å². The first-order chi connectivity index (χ1) is 7.84. The SMILES string of the molecule is FC1=CC2=C(CC1N1CCNCC1)OCC2. The summed E-state index contributed by atoms with van der Waals surface area (Å²) >= 11 is 0. The van der Waals surface area contributed by atoms with Gasteiger partial charge in [0, 0.05) is 39.0 Å². The van der Waals surface area contributed by atoms with Crippen molar-refractivity contribution in [3.05, 3.63) is 23.2 Å². The molecule has 3 nitrogen and oxygen atoms in total. The van der Waals surface area contributed by atoms with Crippen molar-refractivity contribution in [2.24, 2.45) is 0 Å². The van der Waals surface area contributed by atoms with Gasteiger partial charge in [-0.15, -0.1) is 0 Å². The Morgan fingerprint density at radius 3 is 3.00 bits per heavy atom. The lowest BCUT2D eigenvalue weighted by Crippen LogP contribution is -2.49. The first-order valence-corrected chi connectivity index (χ1v) is 6.01. The second-order valence-corrected chi connectivity index (χ2v) is 4.58. The molecule has 4 heteroatoms. The first kappa shape index (κ1) is 10.3. The monoisotopic (exact) mass is 224 g/mol. The van der Waals surface area contributed by atoms with Crippen LogP contribution in [0.5, 0.6) is 0 Å². The van der Waals surface area contributed by atoms with Crippen LogP contribution in [0.4, 0.5) is 4.39 Å². The fourth-order valence-corrected chi connectivity index (χ4v) is 2.69. The van der Waals surface area contributed by atoms with Gasteiger partial charge in [0.1, 0.15) is 11.6 Å². The number of rotatable bonds is 1. The van der Waals surface area contributed by atoms with Crippen LogP contribution in [0.1, 0.15) is 12.8 Å². The van der Waals surface area contributed by atoms with Crippen LogP contribution in [-0.4, -0.2) is 43.7 Å². The van der Waals surface area contributed by atoms with Crippen molar-refractivity contribution < 1.29 is 9.13 Å². The van der Waals surface area contributed by atoms with E-state index in [1.807, 2.05) is 0 Å². The van der Waals surface area contributed by atoms with E-state index in [-0.39, 0.29) is 11.9 Å². The van der Waals surface area contributed by atoms with Crippen LogP contribution in [0.15, 0.2) is 23.2 Å². The highest BCUT2D eigenvalue weighted by Gasteiger charge is 2.32. The molecule has 0 bridgehead atoms. The predicted molar refractivity (Wildman–Crippen MR) is 59.6 cm³/mol. The van der Waals surface area contributed by atoms with E-state index >= 15 is 0 Å². The van der Waals surface area contributed by atoms with Crippen LogP contribution >= 0.6 is 0 Å². The Kier molecular flexibility index (Phi) is 2.69. The van der Waals surface area contributed by atoms with E-state index in [1.54, 1.807) is 6.08 Å². The second kappa shape index (κ2) is 4.18. The summed E-state index contributed by atoms with van der Waals surface area (Å²) in [7, 11) is 0. The maximum Gasteiger partial charge on any atom is 0.118 e. The molecule has 2 heterocycles. The number of nitrogens with zero attached hydrogens (tertiary/aromatic N) is 1. The standard InChI is InChI=1S/C12H17FN2O/c13-10-7-9-1-6-16-12(9)8-11(10)15-4-2-14-3-5-15/h7,11,14H,1-6,8H2. The number of piperazine rings is 1. The molecular formula is C12H17FN2O. The normalized spacial score (nSPS) is 31.1. The fraction of sp³-hybridized carbons (Fsp3) is 0.667. The summed E-state index contributed by atoms with van der Waals surface area (Å²) in [5, 5.41) is 3.29. The summed E-state index contributed by atoms with van der Waals surface area (Å²) in [6, 6.07) is -0.0843. The number of ether oxygens (including phenoxy) is 1. The summed E-state index contributed by atoms with van der Waals surface area (Å²) in [6.45, 7) is 4.49. The third-order valence-corrected chi connectivity index (χ3v) is 3.61. The summed E-state index contributed by atoms with van der Waals surface area (Å²) in [5.41, 5.74) is 1.07. The Morgan fingerprint density at radius 2 is 2.19 bits per heavy atom. The molecule has 0 spiro atoms. The molecule has 0 aromatic heterocycles. The van der Waals surface area contributed by atoms with Crippen LogP contribution < -0.4 is 5.32 Å². The fourth-order valence-electron chi connectivity index (χ4n) is 2.69. The van der Waals surface area contributed by atoms with E-state index in [2.05, 4.69) is 10.2 Å². The molecular weight excluding hydrogens is 207 g/mol. The molecule has 0 amide bonds. The number of allylic oxidation sites excluding steroid dienone is 1. The summed E-state index contributed by atoms with van der Waals surface area (Å²) < 4.78 is 19.5. The van der Waals surface area contributed by atoms with Gasteiger partial charge >= 0.3 is 0 Å². The molecule has 3 aliphatic rings. The van der Waals surface area contributed by atoms with Crippen LogP contribution in [0.3, 0.4) is 0 Å². The first-order valence-electron chi connectivity index (χ1n) is 6.01. The Bertz CT molecular complexity index is 345. The lowest BCUT2D eigenvalue weighted by atomic mass is 9.98. The van der Waals surface area contributed by atoms with E-state index in [1.165, 1.54) is 0 Å². The average molecular weight is 224 g/mol. The number of hydrogen-bond donors (Lipinski definition) is 1. The Morgan fingerprint density at radius 1 is 1.38 bits per heavy atom. The van der Waals surface area contributed by atoms with E-state index in [9.17, 15) is 4.39 Å². The second-order valence-electron chi connectivity index (χ2n) is 4.58. The van der Waals surface area contributed by atoms with Gasteiger partial charge in [-0.1, -0.05) is 0 Å². The molecule has 0 saturated carbocycles.